The van der Waals surface area contributed by atoms with Gasteiger partial charge in [-0.05, 0) is 24.3 Å². The molecule has 2 rings (SSSR count). The van der Waals surface area contributed by atoms with E-state index in [0.29, 0.717) is 19.8 Å². The number of hydrogen-bond donors (Lipinski definition) is 2. The van der Waals surface area contributed by atoms with Crippen LogP contribution in [0.2, 0.25) is 0 Å². The minimum absolute atomic E-state index is 0.00680. The van der Waals surface area contributed by atoms with Crippen molar-refractivity contribution in [3.05, 3.63) is 17.0 Å². The molecule has 0 bridgehead atoms. The van der Waals surface area contributed by atoms with E-state index in [-0.39, 0.29) is 15.2 Å². The molecule has 20 heavy (non-hydrogen) atoms. The maximum atomic E-state index is 12.1. The highest BCUT2D eigenvalue weighted by atomic mass is 32.2. The van der Waals surface area contributed by atoms with Gasteiger partial charge in [0.2, 0.25) is 10.0 Å². The third-order valence-corrected chi connectivity index (χ3v) is 6.32. The number of nitrogens with one attached hydrogen (secondary N) is 1. The molecule has 0 unspecified atom stereocenters. The molecule has 0 spiro atoms. The molecule has 0 aromatic carbocycles. The van der Waals surface area contributed by atoms with Crippen LogP contribution >= 0.6 is 11.3 Å². The minimum Gasteiger partial charge on any atom is -0.478 e. The van der Waals surface area contributed by atoms with Crippen LogP contribution in [-0.4, -0.2) is 39.3 Å². The van der Waals surface area contributed by atoms with Gasteiger partial charge in [0.1, 0.15) is 4.21 Å². The maximum Gasteiger partial charge on any atom is 0.336 e. The Kier molecular flexibility index (Phi) is 4.48. The van der Waals surface area contributed by atoms with Gasteiger partial charge in [0.05, 0.1) is 5.56 Å². The second kappa shape index (κ2) is 5.80. The molecule has 0 radical (unpaired) electrons. The van der Waals surface area contributed by atoms with E-state index in [1.54, 1.807) is 0 Å². The first-order chi connectivity index (χ1) is 9.32. The summed E-state index contributed by atoms with van der Waals surface area (Å²) in [4.78, 5) is 10.8. The zero-order valence-electron chi connectivity index (χ0n) is 11.1. The van der Waals surface area contributed by atoms with Crippen LogP contribution in [0.4, 0.5) is 0 Å². The highest BCUT2D eigenvalue weighted by Crippen LogP contribution is 2.29. The molecule has 112 valence electrons. The fourth-order valence-corrected chi connectivity index (χ4v) is 4.35. The van der Waals surface area contributed by atoms with Gasteiger partial charge in [0, 0.05) is 25.1 Å². The van der Waals surface area contributed by atoms with Crippen molar-refractivity contribution >= 4 is 27.3 Å². The normalized spacial score (nSPS) is 18.9. The number of carboxylic acid groups (broad SMARTS) is 1. The van der Waals surface area contributed by atoms with Crippen LogP contribution in [-0.2, 0) is 14.8 Å². The summed E-state index contributed by atoms with van der Waals surface area (Å²) in [6.07, 6.45) is 1.61. The SMILES string of the molecule is CC1(CNS(=O)(=O)c2cc(C(=O)O)cs2)CCOCC1. The van der Waals surface area contributed by atoms with E-state index in [0.717, 1.165) is 24.2 Å². The van der Waals surface area contributed by atoms with Crippen molar-refractivity contribution in [1.29, 1.82) is 0 Å². The summed E-state index contributed by atoms with van der Waals surface area (Å²) in [6, 6.07) is 1.18. The molecule has 0 amide bonds. The molecule has 1 aromatic rings. The average Bonchev–Trinajstić information content (AvgIpc) is 2.88. The molecule has 1 aromatic heterocycles. The predicted molar refractivity (Wildman–Crippen MR) is 74.6 cm³/mol. The lowest BCUT2D eigenvalue weighted by Gasteiger charge is -2.33. The van der Waals surface area contributed by atoms with Crippen LogP contribution < -0.4 is 4.72 Å². The molecule has 8 heteroatoms. The van der Waals surface area contributed by atoms with Gasteiger partial charge in [0.25, 0.3) is 0 Å². The monoisotopic (exact) mass is 319 g/mol. The first-order valence-corrected chi connectivity index (χ1v) is 8.58. The van der Waals surface area contributed by atoms with Gasteiger partial charge in [-0.15, -0.1) is 11.3 Å². The number of ether oxygens (including phenoxy) is 1. The van der Waals surface area contributed by atoms with E-state index < -0.39 is 16.0 Å². The summed E-state index contributed by atoms with van der Waals surface area (Å²) in [5.74, 6) is -1.13. The maximum absolute atomic E-state index is 12.1. The Labute approximate surface area is 121 Å². The number of thiophene rings is 1. The number of sulfonamides is 1. The predicted octanol–water partition coefficient (Wildman–Crippen LogP) is 1.54. The minimum atomic E-state index is -3.65. The Morgan fingerprint density at radius 3 is 2.70 bits per heavy atom. The summed E-state index contributed by atoms with van der Waals surface area (Å²) < 4.78 is 32.1. The van der Waals surface area contributed by atoms with Crippen molar-refractivity contribution in [2.75, 3.05) is 19.8 Å². The van der Waals surface area contributed by atoms with Gasteiger partial charge in [-0.25, -0.2) is 17.9 Å². The van der Waals surface area contributed by atoms with E-state index in [4.69, 9.17) is 9.84 Å². The lowest BCUT2D eigenvalue weighted by Crippen LogP contribution is -2.39. The third kappa shape index (κ3) is 3.57. The third-order valence-electron chi connectivity index (χ3n) is 3.48. The largest absolute Gasteiger partial charge is 0.478 e. The molecule has 1 fully saturated rings. The quantitative estimate of drug-likeness (QED) is 0.859. The molecule has 0 saturated carbocycles. The van der Waals surface area contributed by atoms with Crippen LogP contribution in [0.15, 0.2) is 15.7 Å². The summed E-state index contributed by atoms with van der Waals surface area (Å²) in [7, 11) is -3.65. The van der Waals surface area contributed by atoms with Crippen molar-refractivity contribution < 1.29 is 23.1 Å². The lowest BCUT2D eigenvalue weighted by molar-refractivity contribution is 0.0265. The Hall–Kier alpha value is -0.960. The molecule has 6 nitrogen and oxygen atoms in total. The average molecular weight is 319 g/mol. The van der Waals surface area contributed by atoms with E-state index >= 15 is 0 Å². The van der Waals surface area contributed by atoms with Crippen molar-refractivity contribution in [2.45, 2.75) is 24.0 Å². The topological polar surface area (TPSA) is 92.7 Å². The Morgan fingerprint density at radius 1 is 1.50 bits per heavy atom. The first-order valence-electron chi connectivity index (χ1n) is 6.22. The number of aromatic carboxylic acids is 1. The van der Waals surface area contributed by atoms with Crippen LogP contribution in [0.1, 0.15) is 30.1 Å². The molecule has 2 heterocycles. The van der Waals surface area contributed by atoms with Crippen molar-refractivity contribution in [3.8, 4) is 0 Å². The van der Waals surface area contributed by atoms with Crippen molar-refractivity contribution in [1.82, 2.24) is 4.72 Å². The number of carbonyl (C=O) groups is 1. The smallest absolute Gasteiger partial charge is 0.336 e. The van der Waals surface area contributed by atoms with Crippen LogP contribution in [0.3, 0.4) is 0 Å². The summed E-state index contributed by atoms with van der Waals surface area (Å²) in [5.41, 5.74) is -0.120. The number of hydrogen-bond acceptors (Lipinski definition) is 5. The molecule has 0 atom stereocenters. The molecule has 2 N–H and O–H groups in total. The zero-order valence-corrected chi connectivity index (χ0v) is 12.7. The Bertz CT molecular complexity index is 587. The van der Waals surface area contributed by atoms with E-state index in [9.17, 15) is 13.2 Å². The zero-order chi connectivity index (χ0) is 14.8. The summed E-state index contributed by atoms with van der Waals surface area (Å²) >= 11 is 0.914. The highest BCUT2D eigenvalue weighted by molar-refractivity contribution is 7.91. The van der Waals surface area contributed by atoms with Gasteiger partial charge in [0.15, 0.2) is 0 Å². The van der Waals surface area contributed by atoms with Crippen LogP contribution in [0, 0.1) is 5.41 Å². The van der Waals surface area contributed by atoms with E-state index in [1.165, 1.54) is 11.4 Å². The van der Waals surface area contributed by atoms with E-state index in [2.05, 4.69) is 4.72 Å². The number of rotatable bonds is 5. The lowest BCUT2D eigenvalue weighted by atomic mass is 9.83. The highest BCUT2D eigenvalue weighted by Gasteiger charge is 2.29. The Morgan fingerprint density at radius 2 is 2.15 bits per heavy atom. The van der Waals surface area contributed by atoms with E-state index in [1.807, 2.05) is 6.92 Å². The fourth-order valence-electron chi connectivity index (χ4n) is 1.95. The van der Waals surface area contributed by atoms with Gasteiger partial charge < -0.3 is 9.84 Å². The molecular formula is C12H17NO5S2. The molecule has 1 saturated heterocycles. The van der Waals surface area contributed by atoms with Gasteiger partial charge in [-0.1, -0.05) is 6.92 Å². The summed E-state index contributed by atoms with van der Waals surface area (Å²) in [5, 5.41) is 10.1. The Balaban J connectivity index is 2.05. The standard InChI is InChI=1S/C12H17NO5S2/c1-12(2-4-18-5-3-12)8-13-20(16,17)10-6-9(7-19-10)11(14)15/h6-7,13H,2-5,8H2,1H3,(H,14,15). The molecule has 1 aliphatic heterocycles. The second-order valence-corrected chi connectivity index (χ2v) is 8.11. The number of carboxylic acids is 1. The first kappa shape index (κ1) is 15.4. The second-order valence-electron chi connectivity index (χ2n) is 5.21. The van der Waals surface area contributed by atoms with Crippen LogP contribution in [0.5, 0.6) is 0 Å². The van der Waals surface area contributed by atoms with Gasteiger partial charge >= 0.3 is 5.97 Å². The molecule has 1 aliphatic rings. The van der Waals surface area contributed by atoms with Crippen molar-refractivity contribution in [2.24, 2.45) is 5.41 Å². The van der Waals surface area contributed by atoms with Crippen LogP contribution in [0.25, 0.3) is 0 Å². The fraction of sp³-hybridized carbons (Fsp3) is 0.583. The van der Waals surface area contributed by atoms with Gasteiger partial charge in [-0.3, -0.25) is 0 Å². The van der Waals surface area contributed by atoms with Crippen molar-refractivity contribution in [3.63, 3.8) is 0 Å². The summed E-state index contributed by atoms with van der Waals surface area (Å²) in [6.45, 7) is 3.63. The van der Waals surface area contributed by atoms with Gasteiger partial charge in [-0.2, -0.15) is 0 Å². The molecular weight excluding hydrogens is 302 g/mol. The molecule has 0 aliphatic carbocycles.